The molecule has 1 aliphatic carbocycles. The minimum Gasteiger partial charge on any atom is -0.504 e. The molecule has 1 heterocycles. The molecule has 118 valence electrons. The van der Waals surface area contributed by atoms with E-state index in [1.165, 1.54) is 12.2 Å². The highest BCUT2D eigenvalue weighted by molar-refractivity contribution is 6.08. The third-order valence-corrected chi connectivity index (χ3v) is 3.87. The Hall–Kier alpha value is -2.86. The molecule has 0 bridgehead atoms. The van der Waals surface area contributed by atoms with E-state index < -0.39 is 29.3 Å². The number of phenolic OH excluding ortho intramolecular Hbond substituents is 2. The first kappa shape index (κ1) is 15.1. The topological polar surface area (TPSA) is 104 Å². The first-order chi connectivity index (χ1) is 11.1. The van der Waals surface area contributed by atoms with Crippen LogP contribution in [0.1, 0.15) is 21.5 Å². The van der Waals surface area contributed by atoms with Crippen LogP contribution in [-0.4, -0.2) is 40.1 Å². The Bertz CT molecular complexity index is 772. The van der Waals surface area contributed by atoms with E-state index in [1.54, 1.807) is 24.3 Å². The first-order valence-corrected chi connectivity index (χ1v) is 7.00. The molecular weight excluding hydrogens is 300 g/mol. The lowest BCUT2D eigenvalue weighted by Gasteiger charge is -2.20. The maximum Gasteiger partial charge on any atom is 0.202 e. The maximum atomic E-state index is 12.5. The summed E-state index contributed by atoms with van der Waals surface area (Å²) >= 11 is 0. The van der Waals surface area contributed by atoms with Gasteiger partial charge >= 0.3 is 0 Å². The predicted molar refractivity (Wildman–Crippen MR) is 82.4 cm³/mol. The fourth-order valence-electron chi connectivity index (χ4n) is 2.75. The van der Waals surface area contributed by atoms with Crippen molar-refractivity contribution in [1.82, 2.24) is 0 Å². The number of carbonyl (C=O) groups excluding carboxylic acids is 2. The second-order valence-electron chi connectivity index (χ2n) is 5.21. The van der Waals surface area contributed by atoms with Gasteiger partial charge in [0.15, 0.2) is 17.3 Å². The molecule has 1 aromatic rings. The van der Waals surface area contributed by atoms with Crippen molar-refractivity contribution in [2.75, 3.05) is 6.61 Å². The zero-order valence-corrected chi connectivity index (χ0v) is 12.0. The number of ketones is 1. The summed E-state index contributed by atoms with van der Waals surface area (Å²) < 4.78 is 5.33. The molecule has 23 heavy (non-hydrogen) atoms. The number of allylic oxidation sites excluding steroid dienone is 1. The van der Waals surface area contributed by atoms with E-state index >= 15 is 0 Å². The van der Waals surface area contributed by atoms with E-state index in [9.17, 15) is 24.9 Å². The Morgan fingerprint density at radius 3 is 2.70 bits per heavy atom. The van der Waals surface area contributed by atoms with Crippen molar-refractivity contribution >= 4 is 24.2 Å². The smallest absolute Gasteiger partial charge is 0.202 e. The molecule has 0 saturated carbocycles. The number of benzene rings is 1. The molecule has 3 N–H and O–H groups in total. The lowest BCUT2D eigenvalue weighted by atomic mass is 9.92. The summed E-state index contributed by atoms with van der Waals surface area (Å²) in [5.41, 5.74) is 0.651. The van der Waals surface area contributed by atoms with Gasteiger partial charge in [-0.1, -0.05) is 24.3 Å². The summed E-state index contributed by atoms with van der Waals surface area (Å²) in [6, 6.07) is 0. The third-order valence-electron chi connectivity index (χ3n) is 3.87. The highest BCUT2D eigenvalue weighted by Gasteiger charge is 2.34. The SMILES string of the molecule is O=C/C=C/C1C=Cc2c3c(c(O)c(O)c2C(=O)C1O)OCC=C3. The largest absolute Gasteiger partial charge is 0.504 e. The Balaban J connectivity index is 2.24. The van der Waals surface area contributed by atoms with Gasteiger partial charge in [-0.05, 0) is 17.7 Å². The van der Waals surface area contributed by atoms with Gasteiger partial charge in [0, 0.05) is 11.5 Å². The highest BCUT2D eigenvalue weighted by Crippen LogP contribution is 2.47. The molecule has 0 amide bonds. The number of hydrogen-bond donors (Lipinski definition) is 3. The van der Waals surface area contributed by atoms with Gasteiger partial charge in [0.25, 0.3) is 0 Å². The van der Waals surface area contributed by atoms with Crippen LogP contribution in [0.4, 0.5) is 0 Å². The number of rotatable bonds is 2. The molecule has 2 atom stereocenters. The second kappa shape index (κ2) is 5.73. The number of fused-ring (bicyclic) bond motifs is 3. The predicted octanol–water partition coefficient (Wildman–Crippen LogP) is 1.45. The molecule has 1 aromatic carbocycles. The van der Waals surface area contributed by atoms with Crippen LogP contribution in [0.3, 0.4) is 0 Å². The second-order valence-corrected chi connectivity index (χ2v) is 5.21. The highest BCUT2D eigenvalue weighted by atomic mass is 16.5. The number of Topliss-reactive ketones (excluding diaryl/α,β-unsaturated/α-hetero) is 1. The van der Waals surface area contributed by atoms with E-state index in [-0.39, 0.29) is 17.9 Å². The normalized spacial score (nSPS) is 22.4. The van der Waals surface area contributed by atoms with E-state index in [0.29, 0.717) is 17.4 Å². The molecule has 1 aliphatic heterocycles. The van der Waals surface area contributed by atoms with Gasteiger partial charge in [-0.2, -0.15) is 0 Å². The zero-order valence-electron chi connectivity index (χ0n) is 12.0. The summed E-state index contributed by atoms with van der Waals surface area (Å²) in [7, 11) is 0. The number of aliphatic hydroxyl groups is 1. The Morgan fingerprint density at radius 1 is 1.17 bits per heavy atom. The van der Waals surface area contributed by atoms with Crippen molar-refractivity contribution in [1.29, 1.82) is 0 Å². The summed E-state index contributed by atoms with van der Waals surface area (Å²) in [6.45, 7) is 0.240. The van der Waals surface area contributed by atoms with Gasteiger partial charge in [-0.3, -0.25) is 9.59 Å². The molecule has 6 nitrogen and oxygen atoms in total. The minimum absolute atomic E-state index is 0.0950. The molecule has 6 heteroatoms. The number of aldehydes is 1. The van der Waals surface area contributed by atoms with Crippen LogP contribution in [0.25, 0.3) is 12.2 Å². The number of carbonyl (C=O) groups is 2. The average Bonchev–Trinajstić information content (AvgIpc) is 2.69. The molecule has 2 aliphatic rings. The van der Waals surface area contributed by atoms with Crippen molar-refractivity contribution in [3.05, 3.63) is 41.0 Å². The lowest BCUT2D eigenvalue weighted by Crippen LogP contribution is -2.27. The van der Waals surface area contributed by atoms with Crippen molar-refractivity contribution < 1.29 is 29.6 Å². The van der Waals surface area contributed by atoms with Gasteiger partial charge in [0.1, 0.15) is 19.0 Å². The van der Waals surface area contributed by atoms with Gasteiger partial charge in [0.2, 0.25) is 5.75 Å². The summed E-state index contributed by atoms with van der Waals surface area (Å²) in [6.07, 6.45) is 8.19. The van der Waals surface area contributed by atoms with Gasteiger partial charge in [-0.15, -0.1) is 0 Å². The van der Waals surface area contributed by atoms with E-state index in [4.69, 9.17) is 4.74 Å². The summed E-state index contributed by atoms with van der Waals surface area (Å²) in [5, 5.41) is 30.5. The van der Waals surface area contributed by atoms with Crippen LogP contribution in [0.2, 0.25) is 0 Å². The minimum atomic E-state index is -1.47. The molecule has 0 fully saturated rings. The van der Waals surface area contributed by atoms with Crippen molar-refractivity contribution in [2.45, 2.75) is 6.10 Å². The number of ether oxygens (including phenoxy) is 1. The zero-order chi connectivity index (χ0) is 16.6. The van der Waals surface area contributed by atoms with Gasteiger partial charge < -0.3 is 20.1 Å². The van der Waals surface area contributed by atoms with Crippen LogP contribution in [0.5, 0.6) is 17.2 Å². The molecule has 0 aromatic heterocycles. The Labute approximate surface area is 131 Å². The number of aliphatic hydroxyl groups excluding tert-OH is 1. The molecule has 2 unspecified atom stereocenters. The van der Waals surface area contributed by atoms with Crippen LogP contribution in [0, 0.1) is 5.92 Å². The van der Waals surface area contributed by atoms with E-state index in [2.05, 4.69) is 0 Å². The van der Waals surface area contributed by atoms with E-state index in [0.717, 1.165) is 0 Å². The van der Waals surface area contributed by atoms with Crippen molar-refractivity contribution in [2.24, 2.45) is 5.92 Å². The fraction of sp³-hybridized carbons (Fsp3) is 0.176. The Kier molecular flexibility index (Phi) is 3.75. The molecule has 3 rings (SSSR count). The van der Waals surface area contributed by atoms with Crippen molar-refractivity contribution in [3.8, 4) is 17.2 Å². The first-order valence-electron chi connectivity index (χ1n) is 7.00. The fourth-order valence-corrected chi connectivity index (χ4v) is 2.75. The monoisotopic (exact) mass is 314 g/mol. The third kappa shape index (κ3) is 2.33. The molecule has 0 radical (unpaired) electrons. The lowest BCUT2D eigenvalue weighted by molar-refractivity contribution is -0.104. The van der Waals surface area contributed by atoms with Crippen molar-refractivity contribution in [3.63, 3.8) is 0 Å². The summed E-state index contributed by atoms with van der Waals surface area (Å²) in [5.74, 6) is -2.51. The van der Waals surface area contributed by atoms with Gasteiger partial charge in [-0.25, -0.2) is 0 Å². The van der Waals surface area contributed by atoms with Gasteiger partial charge in [0.05, 0.1) is 5.56 Å². The standard InChI is InChI=1S/C17H14O6/c18-7-1-3-9-5-6-10-11-4-2-8-23-17(11)16(22)15(21)12(10)14(20)13(9)19/h1-7,9,13,19,21-22H,8H2/b3-1+. The number of phenols is 2. The summed E-state index contributed by atoms with van der Waals surface area (Å²) in [4.78, 5) is 23.0. The molecular formula is C17H14O6. The maximum absolute atomic E-state index is 12.5. The van der Waals surface area contributed by atoms with Crippen LogP contribution < -0.4 is 4.74 Å². The van der Waals surface area contributed by atoms with Crippen LogP contribution >= 0.6 is 0 Å². The molecule has 0 saturated heterocycles. The van der Waals surface area contributed by atoms with Crippen LogP contribution in [-0.2, 0) is 4.79 Å². The number of hydrogen-bond acceptors (Lipinski definition) is 6. The number of aromatic hydroxyl groups is 2. The molecule has 0 spiro atoms. The Morgan fingerprint density at radius 2 is 1.96 bits per heavy atom. The van der Waals surface area contributed by atoms with E-state index in [1.807, 2.05) is 0 Å². The quantitative estimate of drug-likeness (QED) is 0.433. The average molecular weight is 314 g/mol. The van der Waals surface area contributed by atoms with Crippen LogP contribution in [0.15, 0.2) is 24.3 Å².